The van der Waals surface area contributed by atoms with Crippen molar-refractivity contribution in [2.75, 3.05) is 0 Å². The molecule has 2 N–H and O–H groups in total. The van der Waals surface area contributed by atoms with Gasteiger partial charge in [-0.3, -0.25) is 14.8 Å². The third kappa shape index (κ3) is 3.40. The van der Waals surface area contributed by atoms with Crippen molar-refractivity contribution in [3.8, 4) is 17.3 Å². The molecule has 4 aromatic rings. The monoisotopic (exact) mass is 415 g/mol. The summed E-state index contributed by atoms with van der Waals surface area (Å²) in [6.45, 7) is 1.91. The van der Waals surface area contributed by atoms with E-state index in [0.29, 0.717) is 17.2 Å². The Bertz CT molecular complexity index is 1460. The zero-order valence-corrected chi connectivity index (χ0v) is 16.9. The molecule has 7 heteroatoms. The fourth-order valence-electron chi connectivity index (χ4n) is 3.43. The van der Waals surface area contributed by atoms with Crippen molar-refractivity contribution in [1.82, 2.24) is 9.97 Å². The fourth-order valence-corrected chi connectivity index (χ4v) is 4.12. The summed E-state index contributed by atoms with van der Waals surface area (Å²) in [5.41, 5.74) is 3.53. The maximum absolute atomic E-state index is 11.5. The third-order valence-electron chi connectivity index (χ3n) is 4.90. The Morgan fingerprint density at radius 3 is 2.77 bits per heavy atom. The van der Waals surface area contributed by atoms with E-state index in [0.717, 1.165) is 50.2 Å². The molecule has 0 spiro atoms. The van der Waals surface area contributed by atoms with Crippen LogP contribution in [0.15, 0.2) is 62.7 Å². The molecule has 2 aromatic carbocycles. The van der Waals surface area contributed by atoms with Gasteiger partial charge in [0.05, 0.1) is 16.3 Å². The standard InChI is InChI=1S/C23H17N3O3S/c1-13-19(25-22(29-13)14-6-3-2-4-7-14)12-16-11-17-15(8-5-9-18(17)24-16)10-20-21(27)26-23(28)30-20/h2-11,27H,12H2,1H3,(H,26,28). The highest BCUT2D eigenvalue weighted by atomic mass is 32.1. The molecule has 0 unspecified atom stereocenters. The molecular weight excluding hydrogens is 398 g/mol. The van der Waals surface area contributed by atoms with Crippen molar-refractivity contribution < 1.29 is 9.52 Å². The van der Waals surface area contributed by atoms with Gasteiger partial charge in [0.15, 0.2) is 0 Å². The average Bonchev–Trinajstić information content (AvgIpc) is 3.40. The normalized spacial score (nSPS) is 13.2. The van der Waals surface area contributed by atoms with Crippen LogP contribution in [0.25, 0.3) is 23.6 Å². The van der Waals surface area contributed by atoms with E-state index in [4.69, 9.17) is 9.41 Å². The molecule has 0 saturated heterocycles. The first-order valence-corrected chi connectivity index (χ1v) is 10.2. The zero-order valence-electron chi connectivity index (χ0n) is 16.0. The van der Waals surface area contributed by atoms with Gasteiger partial charge in [0.2, 0.25) is 11.8 Å². The quantitative estimate of drug-likeness (QED) is 0.536. The van der Waals surface area contributed by atoms with Gasteiger partial charge in [-0.1, -0.05) is 41.7 Å². The van der Waals surface area contributed by atoms with E-state index in [9.17, 15) is 9.90 Å². The lowest BCUT2D eigenvalue weighted by Crippen LogP contribution is -2.23. The van der Waals surface area contributed by atoms with E-state index < -0.39 is 0 Å². The van der Waals surface area contributed by atoms with Crippen LogP contribution in [0, 0.1) is 6.92 Å². The minimum atomic E-state index is -0.289. The molecule has 6 nitrogen and oxygen atoms in total. The maximum atomic E-state index is 11.5. The number of benzene rings is 2. The summed E-state index contributed by atoms with van der Waals surface area (Å²) in [6.07, 6.45) is 4.36. The van der Waals surface area contributed by atoms with Gasteiger partial charge in [0.25, 0.3) is 0 Å². The number of nitrogens with zero attached hydrogens (tertiary/aromatic N) is 2. The molecule has 0 amide bonds. The molecule has 0 aliphatic carbocycles. The zero-order chi connectivity index (χ0) is 20.7. The van der Waals surface area contributed by atoms with Gasteiger partial charge in [0.1, 0.15) is 5.76 Å². The van der Waals surface area contributed by atoms with Gasteiger partial charge in [-0.15, -0.1) is 0 Å². The second kappa shape index (κ2) is 7.27. The number of oxazole rings is 1. The Kier molecular flexibility index (Phi) is 4.44. The molecule has 3 heterocycles. The summed E-state index contributed by atoms with van der Waals surface area (Å²) < 4.78 is 5.86. The van der Waals surface area contributed by atoms with Crippen molar-refractivity contribution in [2.24, 2.45) is 4.99 Å². The molecule has 0 radical (unpaired) electrons. The molecule has 2 aromatic heterocycles. The number of H-pyrrole nitrogens is 1. The van der Waals surface area contributed by atoms with Crippen LogP contribution in [-0.4, -0.2) is 20.8 Å². The van der Waals surface area contributed by atoms with E-state index in [-0.39, 0.29) is 10.8 Å². The number of aromatic amines is 1. The van der Waals surface area contributed by atoms with Crippen LogP contribution in [0.4, 0.5) is 5.69 Å². The predicted octanol–water partition coefficient (Wildman–Crippen LogP) is 3.04. The highest BCUT2D eigenvalue weighted by molar-refractivity contribution is 7.10. The number of aryl methyl sites for hydroxylation is 1. The van der Waals surface area contributed by atoms with Crippen molar-refractivity contribution in [3.05, 3.63) is 85.0 Å². The summed E-state index contributed by atoms with van der Waals surface area (Å²) >= 11 is 0.970. The lowest BCUT2D eigenvalue weighted by molar-refractivity contribution is 0.455. The number of fused-ring (bicyclic) bond motifs is 1. The SMILES string of the molecule is Cc1oc(-c2ccccc2)nc1CC1=Nc2cccc(=Cc3sc(=O)[nH]c3O)c2=C1. The summed E-state index contributed by atoms with van der Waals surface area (Å²) in [5, 5.41) is 11.7. The highest BCUT2D eigenvalue weighted by Gasteiger charge is 2.15. The number of aromatic hydroxyl groups is 1. The van der Waals surface area contributed by atoms with Crippen LogP contribution in [0.5, 0.6) is 5.88 Å². The Hall–Kier alpha value is -3.71. The fraction of sp³-hybridized carbons (Fsp3) is 0.0870. The number of nitrogens with one attached hydrogen (secondary N) is 1. The van der Waals surface area contributed by atoms with Crippen molar-refractivity contribution in [2.45, 2.75) is 13.3 Å². The molecule has 1 aliphatic heterocycles. The van der Waals surface area contributed by atoms with Crippen LogP contribution >= 0.6 is 11.3 Å². The molecule has 0 fully saturated rings. The van der Waals surface area contributed by atoms with Gasteiger partial charge < -0.3 is 9.52 Å². The summed E-state index contributed by atoms with van der Waals surface area (Å²) in [4.78, 5) is 23.5. The Morgan fingerprint density at radius 1 is 1.17 bits per heavy atom. The maximum Gasteiger partial charge on any atom is 0.307 e. The van der Waals surface area contributed by atoms with Crippen molar-refractivity contribution in [1.29, 1.82) is 0 Å². The second-order valence-corrected chi connectivity index (χ2v) is 7.98. The van der Waals surface area contributed by atoms with Crippen LogP contribution in [0.1, 0.15) is 16.3 Å². The molecule has 0 bridgehead atoms. The van der Waals surface area contributed by atoms with E-state index in [1.165, 1.54) is 0 Å². The van der Waals surface area contributed by atoms with E-state index >= 15 is 0 Å². The van der Waals surface area contributed by atoms with Gasteiger partial charge in [-0.05, 0) is 42.5 Å². The Labute approximate surface area is 175 Å². The number of hydrogen-bond acceptors (Lipinski definition) is 6. The lowest BCUT2D eigenvalue weighted by atomic mass is 10.1. The number of aliphatic imine (C=N–C) groups is 1. The molecule has 30 heavy (non-hydrogen) atoms. The van der Waals surface area contributed by atoms with Gasteiger partial charge in [-0.2, -0.15) is 0 Å². The number of hydrogen-bond donors (Lipinski definition) is 2. The lowest BCUT2D eigenvalue weighted by Gasteiger charge is -1.94. The molecule has 0 saturated carbocycles. The molecule has 5 rings (SSSR count). The largest absolute Gasteiger partial charge is 0.493 e. The second-order valence-electron chi connectivity index (χ2n) is 6.96. The van der Waals surface area contributed by atoms with Crippen LogP contribution in [-0.2, 0) is 6.42 Å². The molecule has 0 atom stereocenters. The van der Waals surface area contributed by atoms with Gasteiger partial charge in [0, 0.05) is 22.9 Å². The molecule has 148 valence electrons. The Balaban J connectivity index is 1.49. The van der Waals surface area contributed by atoms with E-state index in [1.807, 2.05) is 61.5 Å². The number of thiazole rings is 1. The molecule has 1 aliphatic rings. The van der Waals surface area contributed by atoms with Gasteiger partial charge >= 0.3 is 4.87 Å². The first-order valence-electron chi connectivity index (χ1n) is 9.41. The average molecular weight is 415 g/mol. The topological polar surface area (TPSA) is 91.5 Å². The first kappa shape index (κ1) is 18.3. The minimum absolute atomic E-state index is 0.117. The highest BCUT2D eigenvalue weighted by Crippen LogP contribution is 2.23. The minimum Gasteiger partial charge on any atom is -0.493 e. The number of rotatable bonds is 4. The van der Waals surface area contributed by atoms with Crippen LogP contribution < -0.4 is 15.3 Å². The van der Waals surface area contributed by atoms with E-state index in [1.54, 1.807) is 6.08 Å². The summed E-state index contributed by atoms with van der Waals surface area (Å²) in [5.74, 6) is 1.26. The summed E-state index contributed by atoms with van der Waals surface area (Å²) in [7, 11) is 0. The van der Waals surface area contributed by atoms with Crippen molar-refractivity contribution >= 4 is 34.9 Å². The summed E-state index contributed by atoms with van der Waals surface area (Å²) in [6, 6.07) is 15.6. The van der Waals surface area contributed by atoms with Gasteiger partial charge in [-0.25, -0.2) is 4.98 Å². The first-order chi connectivity index (χ1) is 14.6. The van der Waals surface area contributed by atoms with Crippen LogP contribution in [0.2, 0.25) is 0 Å². The Morgan fingerprint density at radius 2 is 2.00 bits per heavy atom. The predicted molar refractivity (Wildman–Crippen MR) is 118 cm³/mol. The smallest absolute Gasteiger partial charge is 0.307 e. The third-order valence-corrected chi connectivity index (χ3v) is 5.72. The molecular formula is C23H17N3O3S. The number of aromatic nitrogens is 2. The van der Waals surface area contributed by atoms with Crippen LogP contribution in [0.3, 0.4) is 0 Å². The van der Waals surface area contributed by atoms with E-state index in [2.05, 4.69) is 9.97 Å². The van der Waals surface area contributed by atoms with Crippen molar-refractivity contribution in [3.63, 3.8) is 0 Å².